The highest BCUT2D eigenvalue weighted by Gasteiger charge is 2.17. The molecule has 1 N–H and O–H groups in total. The fourth-order valence-corrected chi connectivity index (χ4v) is 3.42. The van der Waals surface area contributed by atoms with E-state index in [0.29, 0.717) is 23.3 Å². The molecule has 0 aliphatic rings. The molecule has 140 valence electrons. The number of nitrogens with one attached hydrogen (secondary N) is 1. The summed E-state index contributed by atoms with van der Waals surface area (Å²) in [6.07, 6.45) is 4.01. The molecule has 0 aliphatic carbocycles. The summed E-state index contributed by atoms with van der Waals surface area (Å²) >= 11 is 6.00. The van der Waals surface area contributed by atoms with Crippen LogP contribution in [0.15, 0.2) is 66.0 Å². The molecule has 1 atom stereocenters. The van der Waals surface area contributed by atoms with Gasteiger partial charge in [0.1, 0.15) is 0 Å². The van der Waals surface area contributed by atoms with Gasteiger partial charge in [0.05, 0.1) is 17.1 Å². The maximum Gasteiger partial charge on any atom is 0.274 e. The van der Waals surface area contributed by atoms with E-state index in [-0.39, 0.29) is 11.6 Å². The van der Waals surface area contributed by atoms with Gasteiger partial charge >= 0.3 is 0 Å². The van der Waals surface area contributed by atoms with Gasteiger partial charge in [0, 0.05) is 16.8 Å². The number of halogens is 1. The lowest BCUT2D eigenvalue weighted by molar-refractivity contribution is 0.404. The number of aromatic nitrogens is 2. The van der Waals surface area contributed by atoms with Crippen LogP contribution >= 0.6 is 11.6 Å². The first-order chi connectivity index (χ1) is 13.1. The molecule has 5 heteroatoms. The fourth-order valence-electron chi connectivity index (χ4n) is 3.29. The first-order valence-corrected chi connectivity index (χ1v) is 9.52. The summed E-state index contributed by atoms with van der Waals surface area (Å²) in [4.78, 5) is 13.1. The van der Waals surface area contributed by atoms with Crippen molar-refractivity contribution in [2.75, 3.05) is 13.6 Å². The van der Waals surface area contributed by atoms with Crippen molar-refractivity contribution in [1.82, 2.24) is 15.1 Å². The van der Waals surface area contributed by atoms with Gasteiger partial charge in [-0.05, 0) is 50.2 Å². The zero-order valence-corrected chi connectivity index (χ0v) is 16.2. The van der Waals surface area contributed by atoms with Crippen LogP contribution in [-0.2, 0) is 6.42 Å². The van der Waals surface area contributed by atoms with Crippen LogP contribution in [0.5, 0.6) is 0 Å². The Kier molecular flexibility index (Phi) is 6.43. The van der Waals surface area contributed by atoms with Crippen molar-refractivity contribution in [1.29, 1.82) is 0 Å². The van der Waals surface area contributed by atoms with Crippen LogP contribution in [0.4, 0.5) is 0 Å². The highest BCUT2D eigenvalue weighted by atomic mass is 35.5. The van der Waals surface area contributed by atoms with E-state index in [2.05, 4.69) is 11.9 Å². The van der Waals surface area contributed by atoms with Gasteiger partial charge in [-0.3, -0.25) is 4.79 Å². The molecular weight excluding hydrogens is 358 g/mol. The maximum atomic E-state index is 13.1. The molecule has 3 rings (SSSR count). The Morgan fingerprint density at radius 2 is 1.89 bits per heavy atom. The van der Waals surface area contributed by atoms with Crippen LogP contribution in [0.3, 0.4) is 0 Å². The summed E-state index contributed by atoms with van der Waals surface area (Å²) < 4.78 is 1.65. The van der Waals surface area contributed by atoms with Crippen molar-refractivity contribution in [3.05, 3.63) is 87.8 Å². The van der Waals surface area contributed by atoms with Gasteiger partial charge in [-0.15, -0.1) is 6.58 Å². The van der Waals surface area contributed by atoms with E-state index in [0.717, 1.165) is 29.6 Å². The fraction of sp³-hybridized carbons (Fsp3) is 0.273. The SMILES string of the molecule is C=CCC(CCNC)n1nc(Cc2ccc(Cl)cc2)c2ccccc2c1=O. The molecule has 4 nitrogen and oxygen atoms in total. The predicted molar refractivity (Wildman–Crippen MR) is 113 cm³/mol. The Hall–Kier alpha value is -2.43. The molecule has 1 heterocycles. The number of hydrogen-bond donors (Lipinski definition) is 1. The van der Waals surface area contributed by atoms with Crippen molar-refractivity contribution < 1.29 is 0 Å². The van der Waals surface area contributed by atoms with Gasteiger partial charge in [-0.25, -0.2) is 4.68 Å². The minimum atomic E-state index is -0.0478. The lowest BCUT2D eigenvalue weighted by Crippen LogP contribution is -2.30. The Labute approximate surface area is 164 Å². The molecule has 0 bridgehead atoms. The van der Waals surface area contributed by atoms with Crippen LogP contribution < -0.4 is 10.9 Å². The summed E-state index contributed by atoms with van der Waals surface area (Å²) in [6.45, 7) is 4.66. The zero-order valence-electron chi connectivity index (χ0n) is 15.5. The Balaban J connectivity index is 2.11. The highest BCUT2D eigenvalue weighted by molar-refractivity contribution is 6.30. The molecular formula is C22H24ClN3O. The summed E-state index contributed by atoms with van der Waals surface area (Å²) in [5, 5.41) is 10.3. The average Bonchev–Trinajstić information content (AvgIpc) is 2.69. The third-order valence-electron chi connectivity index (χ3n) is 4.70. The summed E-state index contributed by atoms with van der Waals surface area (Å²) in [7, 11) is 1.91. The Morgan fingerprint density at radius 3 is 2.56 bits per heavy atom. The third-order valence-corrected chi connectivity index (χ3v) is 4.95. The lowest BCUT2D eigenvalue weighted by Gasteiger charge is -2.19. The van der Waals surface area contributed by atoms with Gasteiger partial charge < -0.3 is 5.32 Å². The predicted octanol–water partition coefficient (Wildman–Crippen LogP) is 4.37. The monoisotopic (exact) mass is 381 g/mol. The molecule has 0 saturated carbocycles. The average molecular weight is 382 g/mol. The topological polar surface area (TPSA) is 46.9 Å². The second kappa shape index (κ2) is 8.98. The van der Waals surface area contributed by atoms with Crippen molar-refractivity contribution in [2.45, 2.75) is 25.3 Å². The molecule has 0 radical (unpaired) electrons. The molecule has 1 aromatic heterocycles. The zero-order chi connectivity index (χ0) is 19.2. The summed E-state index contributed by atoms with van der Waals surface area (Å²) in [5.41, 5.74) is 1.96. The van der Waals surface area contributed by atoms with E-state index in [1.807, 2.05) is 61.7 Å². The maximum absolute atomic E-state index is 13.1. The van der Waals surface area contributed by atoms with Crippen LogP contribution in [0.2, 0.25) is 5.02 Å². The van der Waals surface area contributed by atoms with Gasteiger partial charge in [-0.2, -0.15) is 5.10 Å². The first-order valence-electron chi connectivity index (χ1n) is 9.14. The second-order valence-electron chi connectivity index (χ2n) is 6.62. The molecule has 0 saturated heterocycles. The number of fused-ring (bicyclic) bond motifs is 1. The summed E-state index contributed by atoms with van der Waals surface area (Å²) in [6, 6.07) is 15.4. The Bertz CT molecular complexity index is 979. The molecule has 0 aliphatic heterocycles. The number of nitrogens with zero attached hydrogens (tertiary/aromatic N) is 2. The van der Waals surface area contributed by atoms with Crippen molar-refractivity contribution >= 4 is 22.4 Å². The molecule has 27 heavy (non-hydrogen) atoms. The van der Waals surface area contributed by atoms with E-state index < -0.39 is 0 Å². The number of allylic oxidation sites excluding steroid dienone is 1. The van der Waals surface area contributed by atoms with E-state index >= 15 is 0 Å². The van der Waals surface area contributed by atoms with Crippen LogP contribution in [0.25, 0.3) is 10.8 Å². The van der Waals surface area contributed by atoms with E-state index in [1.165, 1.54) is 0 Å². The highest BCUT2D eigenvalue weighted by Crippen LogP contribution is 2.21. The van der Waals surface area contributed by atoms with E-state index in [1.54, 1.807) is 4.68 Å². The molecule has 0 spiro atoms. The normalized spacial score (nSPS) is 12.2. The smallest absolute Gasteiger partial charge is 0.274 e. The number of rotatable bonds is 8. The molecule has 2 aromatic carbocycles. The van der Waals surface area contributed by atoms with Gasteiger partial charge in [0.15, 0.2) is 0 Å². The quantitative estimate of drug-likeness (QED) is 0.589. The molecule has 0 fully saturated rings. The number of hydrogen-bond acceptors (Lipinski definition) is 3. The van der Waals surface area contributed by atoms with Crippen molar-refractivity contribution in [3.63, 3.8) is 0 Å². The van der Waals surface area contributed by atoms with E-state index in [9.17, 15) is 4.79 Å². The number of benzene rings is 2. The van der Waals surface area contributed by atoms with Gasteiger partial charge in [0.25, 0.3) is 5.56 Å². The van der Waals surface area contributed by atoms with Crippen LogP contribution in [-0.4, -0.2) is 23.4 Å². The third kappa shape index (κ3) is 4.46. The lowest BCUT2D eigenvalue weighted by atomic mass is 10.0. The van der Waals surface area contributed by atoms with Crippen molar-refractivity contribution in [3.8, 4) is 0 Å². The van der Waals surface area contributed by atoms with E-state index in [4.69, 9.17) is 16.7 Å². The minimum absolute atomic E-state index is 0.0176. The van der Waals surface area contributed by atoms with Gasteiger partial charge in [0.2, 0.25) is 0 Å². The largest absolute Gasteiger partial charge is 0.320 e. The van der Waals surface area contributed by atoms with Crippen LogP contribution in [0.1, 0.15) is 30.1 Å². The van der Waals surface area contributed by atoms with Crippen molar-refractivity contribution in [2.24, 2.45) is 0 Å². The van der Waals surface area contributed by atoms with Gasteiger partial charge in [-0.1, -0.05) is 48.0 Å². The molecule has 0 amide bonds. The second-order valence-corrected chi connectivity index (χ2v) is 7.05. The standard InChI is InChI=1S/C22H24ClN3O/c1-3-6-18(13-14-24-2)26-22(27)20-8-5-4-7-19(20)21(25-26)15-16-9-11-17(23)12-10-16/h3-5,7-12,18,24H,1,6,13-15H2,2H3. The summed E-state index contributed by atoms with van der Waals surface area (Å²) in [5.74, 6) is 0. The minimum Gasteiger partial charge on any atom is -0.320 e. The van der Waals surface area contributed by atoms with Crippen LogP contribution in [0, 0.1) is 0 Å². The Morgan fingerprint density at radius 1 is 1.19 bits per heavy atom. The first kappa shape index (κ1) is 19.3. The molecule has 1 unspecified atom stereocenters. The molecule has 3 aromatic rings.